The van der Waals surface area contributed by atoms with Crippen LogP contribution in [0.2, 0.25) is 0 Å². The summed E-state index contributed by atoms with van der Waals surface area (Å²) in [5, 5.41) is 12.8. The summed E-state index contributed by atoms with van der Waals surface area (Å²) in [5.74, 6) is 0.855. The average molecular weight is 299 g/mol. The van der Waals surface area contributed by atoms with Gasteiger partial charge < -0.3 is 10.1 Å². The SMILES string of the molecule is C[C@H]1CCCC[C@H]1NC(=O)COc1nncc2ccccc12. The van der Waals surface area contributed by atoms with Crippen molar-refractivity contribution in [1.29, 1.82) is 0 Å². The molecule has 0 aliphatic heterocycles. The fraction of sp³-hybridized carbons (Fsp3) is 0.471. The molecule has 2 aromatic rings. The third kappa shape index (κ3) is 3.35. The third-order valence-corrected chi connectivity index (χ3v) is 4.33. The summed E-state index contributed by atoms with van der Waals surface area (Å²) in [5.41, 5.74) is 0. The lowest BCUT2D eigenvalue weighted by Gasteiger charge is -2.29. The number of ether oxygens (including phenoxy) is 1. The smallest absolute Gasteiger partial charge is 0.258 e. The van der Waals surface area contributed by atoms with Crippen LogP contribution in [-0.2, 0) is 4.79 Å². The van der Waals surface area contributed by atoms with E-state index >= 15 is 0 Å². The van der Waals surface area contributed by atoms with Crippen LogP contribution in [0.5, 0.6) is 5.88 Å². The molecule has 1 aliphatic rings. The van der Waals surface area contributed by atoms with E-state index in [1.165, 1.54) is 19.3 Å². The molecule has 0 spiro atoms. The van der Waals surface area contributed by atoms with Gasteiger partial charge in [0.25, 0.3) is 5.91 Å². The van der Waals surface area contributed by atoms with Crippen molar-refractivity contribution >= 4 is 16.7 Å². The van der Waals surface area contributed by atoms with E-state index in [1.54, 1.807) is 6.20 Å². The monoisotopic (exact) mass is 299 g/mol. The number of aromatic nitrogens is 2. The Labute approximate surface area is 130 Å². The Bertz CT molecular complexity index is 654. The molecule has 116 valence electrons. The Morgan fingerprint density at radius 2 is 2.14 bits per heavy atom. The molecule has 1 aromatic heterocycles. The second kappa shape index (κ2) is 6.73. The van der Waals surface area contributed by atoms with Crippen molar-refractivity contribution in [3.05, 3.63) is 30.5 Å². The van der Waals surface area contributed by atoms with Gasteiger partial charge in [-0.25, -0.2) is 0 Å². The van der Waals surface area contributed by atoms with E-state index in [2.05, 4.69) is 22.4 Å². The standard InChI is InChI=1S/C17H21N3O2/c1-12-6-2-5-9-15(12)19-16(21)11-22-17-14-8-4-3-7-13(14)10-18-20-17/h3-4,7-8,10,12,15H,2,5-6,9,11H2,1H3,(H,19,21)/t12-,15+/m0/s1. The molecule has 22 heavy (non-hydrogen) atoms. The largest absolute Gasteiger partial charge is 0.466 e. The van der Waals surface area contributed by atoms with Crippen LogP contribution >= 0.6 is 0 Å². The van der Waals surface area contributed by atoms with Gasteiger partial charge in [-0.3, -0.25) is 4.79 Å². The number of fused-ring (bicyclic) bond motifs is 1. The highest BCUT2D eigenvalue weighted by Gasteiger charge is 2.22. The molecule has 1 fully saturated rings. The molecule has 1 N–H and O–H groups in total. The van der Waals surface area contributed by atoms with Crippen molar-refractivity contribution in [2.45, 2.75) is 38.6 Å². The summed E-state index contributed by atoms with van der Waals surface area (Å²) < 4.78 is 5.57. The molecule has 5 nitrogen and oxygen atoms in total. The first-order valence-corrected chi connectivity index (χ1v) is 7.86. The maximum atomic E-state index is 12.1. The van der Waals surface area contributed by atoms with Crippen LogP contribution in [0.4, 0.5) is 0 Å². The Morgan fingerprint density at radius 3 is 3.00 bits per heavy atom. The molecule has 0 unspecified atom stereocenters. The first kappa shape index (κ1) is 14.8. The van der Waals surface area contributed by atoms with Gasteiger partial charge in [0.1, 0.15) is 0 Å². The van der Waals surface area contributed by atoms with E-state index in [1.807, 2.05) is 24.3 Å². The van der Waals surface area contributed by atoms with Gasteiger partial charge in [-0.1, -0.05) is 38.0 Å². The van der Waals surface area contributed by atoms with Gasteiger partial charge in [0.15, 0.2) is 6.61 Å². The third-order valence-electron chi connectivity index (χ3n) is 4.33. The molecule has 1 aromatic carbocycles. The molecule has 1 saturated carbocycles. The molecular formula is C17H21N3O2. The van der Waals surface area contributed by atoms with Crippen LogP contribution in [0.1, 0.15) is 32.6 Å². The van der Waals surface area contributed by atoms with Gasteiger partial charge in [-0.15, -0.1) is 5.10 Å². The van der Waals surface area contributed by atoms with Crippen LogP contribution in [0.15, 0.2) is 30.5 Å². The molecule has 0 bridgehead atoms. The highest BCUT2D eigenvalue weighted by Crippen LogP contribution is 2.24. The molecule has 2 atom stereocenters. The second-order valence-electron chi connectivity index (χ2n) is 5.96. The fourth-order valence-electron chi connectivity index (χ4n) is 3.02. The van der Waals surface area contributed by atoms with Crippen molar-refractivity contribution in [1.82, 2.24) is 15.5 Å². The minimum atomic E-state index is -0.0894. The van der Waals surface area contributed by atoms with Crippen LogP contribution in [0, 0.1) is 5.92 Å². The van der Waals surface area contributed by atoms with Crippen molar-refractivity contribution in [3.63, 3.8) is 0 Å². The maximum Gasteiger partial charge on any atom is 0.258 e. The van der Waals surface area contributed by atoms with E-state index in [0.717, 1.165) is 17.2 Å². The minimum Gasteiger partial charge on any atom is -0.466 e. The maximum absolute atomic E-state index is 12.1. The summed E-state index contributed by atoms with van der Waals surface area (Å²) in [6, 6.07) is 7.98. The average Bonchev–Trinajstić information content (AvgIpc) is 2.55. The predicted octanol–water partition coefficient (Wildman–Crippen LogP) is 2.70. The van der Waals surface area contributed by atoms with Gasteiger partial charge >= 0.3 is 0 Å². The summed E-state index contributed by atoms with van der Waals surface area (Å²) in [6.45, 7) is 2.17. The van der Waals surface area contributed by atoms with E-state index in [4.69, 9.17) is 4.74 Å². The zero-order valence-corrected chi connectivity index (χ0v) is 12.8. The first-order chi connectivity index (χ1) is 10.7. The topological polar surface area (TPSA) is 64.1 Å². The van der Waals surface area contributed by atoms with Gasteiger partial charge in [0.05, 0.1) is 6.20 Å². The van der Waals surface area contributed by atoms with E-state index in [-0.39, 0.29) is 18.6 Å². The summed E-state index contributed by atoms with van der Waals surface area (Å²) in [7, 11) is 0. The number of hydrogen-bond donors (Lipinski definition) is 1. The molecule has 5 heteroatoms. The van der Waals surface area contributed by atoms with Gasteiger partial charge in [0, 0.05) is 16.8 Å². The normalized spacial score (nSPS) is 21.5. The Morgan fingerprint density at radius 1 is 1.32 bits per heavy atom. The lowest BCUT2D eigenvalue weighted by Crippen LogP contribution is -2.43. The summed E-state index contributed by atoms with van der Waals surface area (Å²) in [4.78, 5) is 12.1. The molecule has 1 heterocycles. The number of amides is 1. The molecule has 0 saturated heterocycles. The summed E-state index contributed by atoms with van der Waals surface area (Å²) >= 11 is 0. The number of hydrogen-bond acceptors (Lipinski definition) is 4. The van der Waals surface area contributed by atoms with Crippen molar-refractivity contribution < 1.29 is 9.53 Å². The van der Waals surface area contributed by atoms with Crippen LogP contribution in [-0.4, -0.2) is 28.8 Å². The number of rotatable bonds is 4. The van der Waals surface area contributed by atoms with E-state index < -0.39 is 0 Å². The molecule has 3 rings (SSSR count). The van der Waals surface area contributed by atoms with Gasteiger partial charge in [-0.2, -0.15) is 5.10 Å². The zero-order chi connectivity index (χ0) is 15.4. The minimum absolute atomic E-state index is 0.0219. The number of benzene rings is 1. The Kier molecular flexibility index (Phi) is 4.51. The number of carbonyl (C=O) groups is 1. The molecule has 1 aliphatic carbocycles. The lowest BCUT2D eigenvalue weighted by molar-refractivity contribution is -0.124. The Balaban J connectivity index is 1.60. The van der Waals surface area contributed by atoms with E-state index in [9.17, 15) is 4.79 Å². The molecular weight excluding hydrogens is 278 g/mol. The zero-order valence-electron chi connectivity index (χ0n) is 12.8. The van der Waals surface area contributed by atoms with E-state index in [0.29, 0.717) is 11.8 Å². The predicted molar refractivity (Wildman–Crippen MR) is 84.6 cm³/mol. The van der Waals surface area contributed by atoms with Gasteiger partial charge in [-0.05, 0) is 24.8 Å². The Hall–Kier alpha value is -2.17. The second-order valence-corrected chi connectivity index (χ2v) is 5.96. The highest BCUT2D eigenvalue weighted by molar-refractivity contribution is 5.86. The molecule has 1 amide bonds. The van der Waals surface area contributed by atoms with Crippen molar-refractivity contribution in [2.75, 3.05) is 6.61 Å². The number of carbonyl (C=O) groups excluding carboxylic acids is 1. The van der Waals surface area contributed by atoms with Crippen LogP contribution in [0.3, 0.4) is 0 Å². The van der Waals surface area contributed by atoms with Gasteiger partial charge in [0.2, 0.25) is 5.88 Å². The summed E-state index contributed by atoms with van der Waals surface area (Å²) in [6.07, 6.45) is 6.37. The number of nitrogens with zero attached hydrogens (tertiary/aromatic N) is 2. The molecule has 0 radical (unpaired) electrons. The van der Waals surface area contributed by atoms with Crippen LogP contribution < -0.4 is 10.1 Å². The van der Waals surface area contributed by atoms with Crippen molar-refractivity contribution in [2.24, 2.45) is 5.92 Å². The van der Waals surface area contributed by atoms with Crippen molar-refractivity contribution in [3.8, 4) is 5.88 Å². The highest BCUT2D eigenvalue weighted by atomic mass is 16.5. The fourth-order valence-corrected chi connectivity index (χ4v) is 3.02. The first-order valence-electron chi connectivity index (χ1n) is 7.86. The quantitative estimate of drug-likeness (QED) is 0.942. The lowest BCUT2D eigenvalue weighted by atomic mass is 9.86. The number of nitrogens with one attached hydrogen (secondary N) is 1. The van der Waals surface area contributed by atoms with Crippen LogP contribution in [0.25, 0.3) is 10.8 Å².